The number of hydrogen-bond donors (Lipinski definition) is 1. The van der Waals surface area contributed by atoms with E-state index >= 15 is 0 Å². The lowest BCUT2D eigenvalue weighted by molar-refractivity contribution is 0.0695. The van der Waals surface area contributed by atoms with Gasteiger partial charge < -0.3 is 9.67 Å². The lowest BCUT2D eigenvalue weighted by Crippen LogP contribution is -2.09. The molecule has 0 spiro atoms. The van der Waals surface area contributed by atoms with Crippen molar-refractivity contribution in [3.63, 3.8) is 0 Å². The van der Waals surface area contributed by atoms with Crippen LogP contribution in [-0.2, 0) is 6.42 Å². The van der Waals surface area contributed by atoms with Gasteiger partial charge >= 0.3 is 5.97 Å². The quantitative estimate of drug-likeness (QED) is 0.877. The Morgan fingerprint density at radius 3 is 2.94 bits per heavy atom. The molecular weight excluding hydrogens is 228 g/mol. The van der Waals surface area contributed by atoms with Crippen LogP contribution in [0.1, 0.15) is 27.9 Å². The summed E-state index contributed by atoms with van der Waals surface area (Å²) >= 11 is 0. The number of nitrogens with zero attached hydrogens (tertiary/aromatic N) is 2. The molecule has 1 aliphatic carbocycles. The molecular formula is C14H12N2O2. The number of allylic oxidation sites excluding steroid dienone is 1. The van der Waals surface area contributed by atoms with Gasteiger partial charge in [-0.1, -0.05) is 12.1 Å². The van der Waals surface area contributed by atoms with Gasteiger partial charge in [-0.15, -0.1) is 0 Å². The molecule has 0 saturated carbocycles. The van der Waals surface area contributed by atoms with Crippen LogP contribution >= 0.6 is 0 Å². The number of hydrogen-bond acceptors (Lipinski definition) is 2. The molecule has 0 atom stereocenters. The number of benzene rings is 1. The fourth-order valence-corrected chi connectivity index (χ4v) is 2.36. The molecule has 1 heterocycles. The molecule has 2 aromatic rings. The molecule has 1 aromatic heterocycles. The van der Waals surface area contributed by atoms with Crippen LogP contribution < -0.4 is 0 Å². The van der Waals surface area contributed by atoms with Crippen LogP contribution in [0, 0.1) is 0 Å². The van der Waals surface area contributed by atoms with Crippen molar-refractivity contribution in [2.45, 2.75) is 12.8 Å². The third kappa shape index (κ3) is 1.72. The molecule has 0 amide bonds. The molecule has 3 rings (SSSR count). The Morgan fingerprint density at radius 2 is 2.22 bits per heavy atom. The highest BCUT2D eigenvalue weighted by molar-refractivity contribution is 5.92. The number of carboxylic acid groups (broad SMARTS) is 1. The number of carbonyl (C=O) groups is 1. The highest BCUT2D eigenvalue weighted by Gasteiger charge is 2.17. The molecule has 90 valence electrons. The predicted octanol–water partition coefficient (Wildman–Crippen LogP) is 2.53. The maximum atomic E-state index is 11.1. The summed E-state index contributed by atoms with van der Waals surface area (Å²) in [5.41, 5.74) is 3.47. The van der Waals surface area contributed by atoms with Crippen molar-refractivity contribution in [2.24, 2.45) is 0 Å². The summed E-state index contributed by atoms with van der Waals surface area (Å²) < 4.78 is 1.97. The number of rotatable bonds is 2. The van der Waals surface area contributed by atoms with E-state index in [-0.39, 0.29) is 0 Å². The Kier molecular flexibility index (Phi) is 2.48. The van der Waals surface area contributed by atoms with Crippen molar-refractivity contribution in [2.75, 3.05) is 0 Å². The lowest BCUT2D eigenvalue weighted by Gasteiger charge is -2.18. The highest BCUT2D eigenvalue weighted by Crippen LogP contribution is 2.28. The zero-order valence-corrected chi connectivity index (χ0v) is 9.71. The molecule has 4 nitrogen and oxygen atoms in total. The third-order valence-corrected chi connectivity index (χ3v) is 3.23. The minimum absolute atomic E-state index is 0.411. The van der Waals surface area contributed by atoms with Gasteiger partial charge in [-0.25, -0.2) is 9.78 Å². The van der Waals surface area contributed by atoms with Gasteiger partial charge in [-0.2, -0.15) is 0 Å². The van der Waals surface area contributed by atoms with E-state index < -0.39 is 5.97 Å². The van der Waals surface area contributed by atoms with Crippen LogP contribution in [0.2, 0.25) is 0 Å². The van der Waals surface area contributed by atoms with Gasteiger partial charge in [0.25, 0.3) is 0 Å². The van der Waals surface area contributed by atoms with Gasteiger partial charge in [0, 0.05) is 18.1 Å². The van der Waals surface area contributed by atoms with Crippen molar-refractivity contribution in [1.29, 1.82) is 0 Å². The molecule has 1 aromatic carbocycles. The summed E-state index contributed by atoms with van der Waals surface area (Å²) in [5.74, 6) is -0.855. The van der Waals surface area contributed by atoms with E-state index in [0.29, 0.717) is 5.56 Å². The summed E-state index contributed by atoms with van der Waals surface area (Å²) in [5, 5.41) is 9.15. The van der Waals surface area contributed by atoms with Crippen molar-refractivity contribution in [1.82, 2.24) is 9.55 Å². The normalized spacial score (nSPS) is 13.9. The minimum Gasteiger partial charge on any atom is -0.478 e. The van der Waals surface area contributed by atoms with Crippen LogP contribution in [0.3, 0.4) is 0 Å². The Labute approximate surface area is 104 Å². The predicted molar refractivity (Wildman–Crippen MR) is 68.1 cm³/mol. The molecule has 18 heavy (non-hydrogen) atoms. The molecule has 4 heteroatoms. The molecule has 0 saturated heterocycles. The van der Waals surface area contributed by atoms with E-state index in [4.69, 9.17) is 5.11 Å². The Balaban J connectivity index is 2.08. The number of fused-ring (bicyclic) bond motifs is 1. The zero-order valence-electron chi connectivity index (χ0n) is 9.71. The van der Waals surface area contributed by atoms with Crippen LogP contribution in [0.5, 0.6) is 0 Å². The first-order valence-electron chi connectivity index (χ1n) is 5.80. The van der Waals surface area contributed by atoms with E-state index in [9.17, 15) is 4.79 Å². The second-order valence-electron chi connectivity index (χ2n) is 4.28. The summed E-state index contributed by atoms with van der Waals surface area (Å²) in [7, 11) is 0. The Bertz CT molecular complexity index is 627. The van der Waals surface area contributed by atoms with Crippen molar-refractivity contribution >= 4 is 17.7 Å². The first kappa shape index (κ1) is 10.8. The second kappa shape index (κ2) is 4.14. The van der Waals surface area contributed by atoms with Crippen LogP contribution in [-0.4, -0.2) is 20.6 Å². The summed E-state index contributed by atoms with van der Waals surface area (Å²) in [6, 6.07) is 5.41. The molecule has 0 unspecified atom stereocenters. The number of aromatic nitrogens is 2. The van der Waals surface area contributed by atoms with Gasteiger partial charge in [0.15, 0.2) is 0 Å². The largest absolute Gasteiger partial charge is 0.478 e. The number of aromatic carboxylic acids is 1. The molecule has 1 aliphatic rings. The van der Waals surface area contributed by atoms with Gasteiger partial charge in [0.05, 0.1) is 11.9 Å². The van der Waals surface area contributed by atoms with Crippen molar-refractivity contribution in [3.8, 4) is 0 Å². The van der Waals surface area contributed by atoms with E-state index in [1.807, 2.05) is 22.9 Å². The van der Waals surface area contributed by atoms with Crippen LogP contribution in [0.25, 0.3) is 11.8 Å². The Hall–Kier alpha value is -2.36. The number of imidazole rings is 1. The van der Waals surface area contributed by atoms with Crippen LogP contribution in [0.15, 0.2) is 36.9 Å². The third-order valence-electron chi connectivity index (χ3n) is 3.23. The van der Waals surface area contributed by atoms with Gasteiger partial charge in [-0.05, 0) is 36.1 Å². The van der Waals surface area contributed by atoms with Gasteiger partial charge in [-0.3, -0.25) is 0 Å². The van der Waals surface area contributed by atoms with Crippen LogP contribution in [0.4, 0.5) is 0 Å². The fraction of sp³-hybridized carbons (Fsp3) is 0.143. The van der Waals surface area contributed by atoms with Gasteiger partial charge in [0.2, 0.25) is 0 Å². The molecule has 1 N–H and O–H groups in total. The maximum absolute atomic E-state index is 11.1. The smallest absolute Gasteiger partial charge is 0.335 e. The van der Waals surface area contributed by atoms with Crippen molar-refractivity contribution in [3.05, 3.63) is 53.6 Å². The maximum Gasteiger partial charge on any atom is 0.335 e. The van der Waals surface area contributed by atoms with E-state index in [1.54, 1.807) is 24.7 Å². The Morgan fingerprint density at radius 1 is 1.33 bits per heavy atom. The molecule has 0 radical (unpaired) electrons. The highest BCUT2D eigenvalue weighted by atomic mass is 16.4. The lowest BCUT2D eigenvalue weighted by atomic mass is 9.91. The van der Waals surface area contributed by atoms with Crippen molar-refractivity contribution < 1.29 is 9.90 Å². The SMILES string of the molecule is O=C(O)c1cccc2c1CCC(n1ccnc1)=C2. The standard InChI is InChI=1S/C14H12N2O2/c17-14(18)13-3-1-2-10-8-11(4-5-12(10)13)16-7-6-15-9-16/h1-3,6-9H,4-5H2,(H,17,18). The summed E-state index contributed by atoms with van der Waals surface area (Å²) in [6.45, 7) is 0. The van der Waals surface area contributed by atoms with E-state index in [2.05, 4.69) is 4.98 Å². The summed E-state index contributed by atoms with van der Waals surface area (Å²) in [4.78, 5) is 15.2. The minimum atomic E-state index is -0.855. The average Bonchev–Trinajstić information content (AvgIpc) is 2.91. The molecule has 0 bridgehead atoms. The average molecular weight is 240 g/mol. The first-order valence-corrected chi connectivity index (χ1v) is 5.80. The van der Waals surface area contributed by atoms with Gasteiger partial charge in [0.1, 0.15) is 0 Å². The second-order valence-corrected chi connectivity index (χ2v) is 4.28. The fourth-order valence-electron chi connectivity index (χ4n) is 2.36. The number of carboxylic acids is 1. The first-order chi connectivity index (χ1) is 8.75. The monoisotopic (exact) mass is 240 g/mol. The topological polar surface area (TPSA) is 55.1 Å². The summed E-state index contributed by atoms with van der Waals surface area (Å²) in [6.07, 6.45) is 9.02. The van der Waals surface area contributed by atoms with E-state index in [0.717, 1.165) is 29.7 Å². The molecule has 0 aliphatic heterocycles. The molecule has 0 fully saturated rings. The van der Waals surface area contributed by atoms with E-state index in [1.165, 1.54) is 0 Å². The zero-order chi connectivity index (χ0) is 12.5.